The molecule has 0 saturated carbocycles. The highest BCUT2D eigenvalue weighted by Gasteiger charge is 2.34. The van der Waals surface area contributed by atoms with Crippen LogP contribution in [0, 0.1) is 0 Å². The maximum Gasteiger partial charge on any atom is 0.354 e. The predicted octanol–water partition coefficient (Wildman–Crippen LogP) is 2.81. The van der Waals surface area contributed by atoms with Crippen LogP contribution in [0.25, 0.3) is 0 Å². The minimum absolute atomic E-state index is 0.0803. The molecule has 24 heavy (non-hydrogen) atoms. The third kappa shape index (κ3) is 3.22. The van der Waals surface area contributed by atoms with Gasteiger partial charge in [0.2, 0.25) is 0 Å². The molecule has 6 heteroatoms. The van der Waals surface area contributed by atoms with Crippen molar-refractivity contribution in [3.05, 3.63) is 59.4 Å². The number of nitrogens with one attached hydrogen (secondary N) is 1. The number of fused-ring (bicyclic) bond motifs is 1. The summed E-state index contributed by atoms with van der Waals surface area (Å²) < 4.78 is 5.94. The highest BCUT2D eigenvalue weighted by atomic mass is 16.5. The molecule has 1 aromatic carbocycles. The summed E-state index contributed by atoms with van der Waals surface area (Å²) in [5, 5.41) is 11.9. The fraction of sp³-hybridized carbons (Fsp3) is 0.278. The van der Waals surface area contributed by atoms with Crippen molar-refractivity contribution in [3.8, 4) is 5.75 Å². The van der Waals surface area contributed by atoms with Gasteiger partial charge in [0.25, 0.3) is 5.91 Å². The lowest BCUT2D eigenvalue weighted by molar-refractivity contribution is 0.0618. The van der Waals surface area contributed by atoms with Gasteiger partial charge < -0.3 is 15.2 Å². The van der Waals surface area contributed by atoms with E-state index in [0.29, 0.717) is 6.42 Å². The molecule has 2 N–H and O–H groups in total. The largest absolute Gasteiger partial charge is 0.487 e. The molecule has 6 nitrogen and oxygen atoms in total. The van der Waals surface area contributed by atoms with Gasteiger partial charge in [-0.1, -0.05) is 24.3 Å². The summed E-state index contributed by atoms with van der Waals surface area (Å²) in [5.74, 6) is -0.830. The van der Waals surface area contributed by atoms with Gasteiger partial charge in [0, 0.05) is 12.0 Å². The van der Waals surface area contributed by atoms with Gasteiger partial charge in [0.15, 0.2) is 0 Å². The van der Waals surface area contributed by atoms with Crippen molar-refractivity contribution in [1.82, 2.24) is 10.3 Å². The van der Waals surface area contributed by atoms with Crippen LogP contribution in [0.4, 0.5) is 0 Å². The number of rotatable bonds is 3. The van der Waals surface area contributed by atoms with Crippen LogP contribution in [-0.4, -0.2) is 27.6 Å². The van der Waals surface area contributed by atoms with Crippen LogP contribution in [0.15, 0.2) is 42.5 Å². The Labute approximate surface area is 139 Å². The smallest absolute Gasteiger partial charge is 0.354 e. The standard InChI is InChI=1S/C18H18N2O4/c1-18(2)10-14(11-6-3-4-9-15(11)24-18)20-16(21)12-7-5-8-13(19-12)17(22)23/h3-9,14H,10H2,1-2H3,(H,20,21)(H,22,23). The minimum Gasteiger partial charge on any atom is -0.487 e. The molecular weight excluding hydrogens is 308 g/mol. The maximum absolute atomic E-state index is 12.5. The number of benzene rings is 1. The summed E-state index contributed by atoms with van der Waals surface area (Å²) in [4.78, 5) is 27.4. The molecular formula is C18H18N2O4. The second kappa shape index (κ2) is 5.96. The van der Waals surface area contributed by atoms with E-state index in [-0.39, 0.29) is 17.4 Å². The van der Waals surface area contributed by atoms with Crippen molar-refractivity contribution in [2.45, 2.75) is 31.9 Å². The van der Waals surface area contributed by atoms with Crippen LogP contribution in [0.2, 0.25) is 0 Å². The number of amides is 1. The monoisotopic (exact) mass is 326 g/mol. The number of hydrogen-bond donors (Lipinski definition) is 2. The molecule has 1 amide bonds. The highest BCUT2D eigenvalue weighted by Crippen LogP contribution is 2.39. The Hall–Kier alpha value is -2.89. The number of pyridine rings is 1. The number of carbonyl (C=O) groups excluding carboxylic acids is 1. The lowest BCUT2D eigenvalue weighted by Crippen LogP contribution is -2.41. The van der Waals surface area contributed by atoms with Gasteiger partial charge in [-0.2, -0.15) is 0 Å². The first-order valence-corrected chi connectivity index (χ1v) is 7.65. The number of nitrogens with zero attached hydrogens (tertiary/aromatic N) is 1. The Balaban J connectivity index is 1.86. The second-order valence-corrected chi connectivity index (χ2v) is 6.34. The van der Waals surface area contributed by atoms with Crippen molar-refractivity contribution in [2.75, 3.05) is 0 Å². The van der Waals surface area contributed by atoms with Gasteiger partial charge in [0.05, 0.1) is 6.04 Å². The van der Waals surface area contributed by atoms with E-state index in [1.165, 1.54) is 18.2 Å². The van der Waals surface area contributed by atoms with Gasteiger partial charge >= 0.3 is 5.97 Å². The minimum atomic E-state index is -1.16. The number of carbonyl (C=O) groups is 2. The van der Waals surface area contributed by atoms with Crippen LogP contribution in [-0.2, 0) is 0 Å². The average Bonchev–Trinajstić information content (AvgIpc) is 2.54. The second-order valence-electron chi connectivity index (χ2n) is 6.34. The highest BCUT2D eigenvalue weighted by molar-refractivity contribution is 5.94. The molecule has 1 aliphatic rings. The number of aromatic nitrogens is 1. The first-order chi connectivity index (χ1) is 11.4. The zero-order valence-electron chi connectivity index (χ0n) is 13.4. The van der Waals surface area contributed by atoms with Crippen LogP contribution < -0.4 is 10.1 Å². The summed E-state index contributed by atoms with van der Waals surface area (Å²) in [6, 6.07) is 11.7. The number of carboxylic acid groups (broad SMARTS) is 1. The zero-order valence-corrected chi connectivity index (χ0v) is 13.4. The van der Waals surface area contributed by atoms with Crippen molar-refractivity contribution >= 4 is 11.9 Å². The normalized spacial score (nSPS) is 18.2. The van der Waals surface area contributed by atoms with Crippen molar-refractivity contribution in [1.29, 1.82) is 0 Å². The lowest BCUT2D eigenvalue weighted by atomic mass is 9.89. The maximum atomic E-state index is 12.5. The molecule has 3 rings (SSSR count). The number of carboxylic acids is 1. The Morgan fingerprint density at radius 3 is 2.62 bits per heavy atom. The van der Waals surface area contributed by atoms with Crippen LogP contribution in [0.5, 0.6) is 5.75 Å². The quantitative estimate of drug-likeness (QED) is 0.905. The molecule has 124 valence electrons. The SMILES string of the molecule is CC1(C)CC(NC(=O)c2cccc(C(=O)O)n2)c2ccccc2O1. The molecule has 1 aliphatic heterocycles. The molecule has 0 spiro atoms. The van der Waals surface area contributed by atoms with E-state index < -0.39 is 17.5 Å². The first-order valence-electron chi connectivity index (χ1n) is 7.65. The van der Waals surface area contributed by atoms with E-state index in [4.69, 9.17) is 9.84 Å². The van der Waals surface area contributed by atoms with Gasteiger partial charge in [-0.15, -0.1) is 0 Å². The van der Waals surface area contributed by atoms with Gasteiger partial charge in [0.1, 0.15) is 22.7 Å². The third-order valence-electron chi connectivity index (χ3n) is 3.88. The molecule has 0 aliphatic carbocycles. The molecule has 1 aromatic heterocycles. The van der Waals surface area contributed by atoms with Gasteiger partial charge in [-0.05, 0) is 32.0 Å². The number of para-hydroxylation sites is 1. The van der Waals surface area contributed by atoms with Crippen molar-refractivity contribution in [2.24, 2.45) is 0 Å². The van der Waals surface area contributed by atoms with E-state index in [1.54, 1.807) is 0 Å². The van der Waals surface area contributed by atoms with Crippen molar-refractivity contribution in [3.63, 3.8) is 0 Å². The van der Waals surface area contributed by atoms with E-state index in [2.05, 4.69) is 10.3 Å². The Kier molecular flexibility index (Phi) is 3.97. The number of aromatic carboxylic acids is 1. The third-order valence-corrected chi connectivity index (χ3v) is 3.88. The van der Waals surface area contributed by atoms with Gasteiger partial charge in [-0.25, -0.2) is 9.78 Å². The van der Waals surface area contributed by atoms with E-state index >= 15 is 0 Å². The Morgan fingerprint density at radius 2 is 1.88 bits per heavy atom. The molecule has 0 fully saturated rings. The summed E-state index contributed by atoms with van der Waals surface area (Å²) >= 11 is 0. The predicted molar refractivity (Wildman–Crippen MR) is 87.2 cm³/mol. The topological polar surface area (TPSA) is 88.5 Å². The molecule has 0 bridgehead atoms. The zero-order chi connectivity index (χ0) is 17.3. The number of hydrogen-bond acceptors (Lipinski definition) is 4. The fourth-order valence-electron chi connectivity index (χ4n) is 2.84. The summed E-state index contributed by atoms with van der Waals surface area (Å²) in [6.07, 6.45) is 0.606. The molecule has 1 unspecified atom stereocenters. The lowest BCUT2D eigenvalue weighted by Gasteiger charge is -2.37. The molecule has 2 aromatic rings. The van der Waals surface area contributed by atoms with E-state index in [1.807, 2.05) is 38.1 Å². The summed E-state index contributed by atoms with van der Waals surface area (Å²) in [6.45, 7) is 3.93. The molecule has 0 saturated heterocycles. The van der Waals surface area contributed by atoms with E-state index in [9.17, 15) is 9.59 Å². The molecule has 2 heterocycles. The van der Waals surface area contributed by atoms with Crippen LogP contribution >= 0.6 is 0 Å². The summed E-state index contributed by atoms with van der Waals surface area (Å²) in [7, 11) is 0. The molecule has 1 atom stereocenters. The van der Waals surface area contributed by atoms with Crippen molar-refractivity contribution < 1.29 is 19.4 Å². The van der Waals surface area contributed by atoms with Crippen LogP contribution in [0.3, 0.4) is 0 Å². The van der Waals surface area contributed by atoms with Gasteiger partial charge in [-0.3, -0.25) is 4.79 Å². The van der Waals surface area contributed by atoms with Crippen LogP contribution in [0.1, 0.15) is 52.9 Å². The number of ether oxygens (including phenoxy) is 1. The molecule has 0 radical (unpaired) electrons. The first kappa shape index (κ1) is 16.0. The van der Waals surface area contributed by atoms with E-state index in [0.717, 1.165) is 11.3 Å². The Bertz CT molecular complexity index is 801. The summed E-state index contributed by atoms with van der Waals surface area (Å²) in [5.41, 5.74) is 0.412. The average molecular weight is 326 g/mol. The Morgan fingerprint density at radius 1 is 1.17 bits per heavy atom. The fourth-order valence-corrected chi connectivity index (χ4v) is 2.84.